The molecule has 0 fully saturated rings. The van der Waals surface area contributed by atoms with Gasteiger partial charge in [0.15, 0.2) is 5.60 Å². The van der Waals surface area contributed by atoms with E-state index in [1.54, 1.807) is 26.0 Å². The average molecular weight is 481 g/mol. The first-order valence-electron chi connectivity index (χ1n) is 11.2. The van der Waals surface area contributed by atoms with Crippen LogP contribution in [0.25, 0.3) is 22.3 Å². The second kappa shape index (κ2) is 8.24. The minimum absolute atomic E-state index is 0.0288. The number of carbonyl (C=O) groups excluding carboxylic acids is 2. The number of hydrogen-bond donors (Lipinski definition) is 2. The van der Waals surface area contributed by atoms with Gasteiger partial charge in [-0.2, -0.15) is 0 Å². The number of methoxy groups -OCH3 is 1. The number of ether oxygens (including phenoxy) is 2. The number of carbonyl (C=O) groups is 2. The third-order valence-corrected chi connectivity index (χ3v) is 6.82. The third kappa shape index (κ3) is 3.43. The van der Waals surface area contributed by atoms with Crippen molar-refractivity contribution in [3.05, 3.63) is 62.2 Å². The van der Waals surface area contributed by atoms with Crippen LogP contribution in [0, 0.1) is 12.7 Å². The second-order valence-corrected chi connectivity index (χ2v) is 8.85. The Kier molecular flexibility index (Phi) is 5.45. The number of pyridine rings is 2. The highest BCUT2D eigenvalue weighted by Gasteiger charge is 2.45. The lowest BCUT2D eigenvalue weighted by atomic mass is 9.86. The van der Waals surface area contributed by atoms with Crippen molar-refractivity contribution in [2.24, 2.45) is 0 Å². The van der Waals surface area contributed by atoms with Crippen LogP contribution in [0.4, 0.5) is 4.39 Å². The van der Waals surface area contributed by atoms with E-state index in [1.807, 2.05) is 0 Å². The highest BCUT2D eigenvalue weighted by molar-refractivity contribution is 5.90. The second-order valence-electron chi connectivity index (χ2n) is 8.85. The standard InChI is InChI=1S/C25H24FN3O6/c1-4-25(33)17-6-20-22-15(9-29(20)23(31)16(17)10-35-24(25)32)14(8-27-21(30)11-34-3)13-5-12(2)18(26)7-19(13)28-22/h5-7,33H,4,8-11H2,1-3H3,(H,27,30)/t25-/m0/s1. The van der Waals surface area contributed by atoms with Gasteiger partial charge in [0.05, 0.1) is 29.0 Å². The van der Waals surface area contributed by atoms with Gasteiger partial charge in [0.1, 0.15) is 19.0 Å². The molecule has 4 heterocycles. The molecule has 0 radical (unpaired) electrons. The van der Waals surface area contributed by atoms with E-state index in [0.29, 0.717) is 39.0 Å². The number of amides is 1. The first kappa shape index (κ1) is 23.1. The first-order valence-corrected chi connectivity index (χ1v) is 11.2. The molecule has 10 heteroatoms. The van der Waals surface area contributed by atoms with Gasteiger partial charge < -0.3 is 24.5 Å². The molecule has 5 rings (SSSR count). The highest BCUT2D eigenvalue weighted by Crippen LogP contribution is 2.40. The molecule has 0 unspecified atom stereocenters. The lowest BCUT2D eigenvalue weighted by molar-refractivity contribution is -0.172. The Bertz CT molecular complexity index is 1480. The van der Waals surface area contributed by atoms with Crippen LogP contribution in [-0.4, -0.2) is 40.3 Å². The largest absolute Gasteiger partial charge is 0.458 e. The fourth-order valence-corrected chi connectivity index (χ4v) is 4.86. The normalized spacial score (nSPS) is 18.1. The summed E-state index contributed by atoms with van der Waals surface area (Å²) in [5, 5.41) is 14.5. The van der Waals surface area contributed by atoms with Gasteiger partial charge in [-0.05, 0) is 36.6 Å². The van der Waals surface area contributed by atoms with Gasteiger partial charge in [-0.1, -0.05) is 6.92 Å². The molecule has 1 amide bonds. The molecule has 0 saturated heterocycles. The van der Waals surface area contributed by atoms with Crippen molar-refractivity contribution in [3.63, 3.8) is 0 Å². The van der Waals surface area contributed by atoms with Crippen LogP contribution in [0.5, 0.6) is 0 Å². The summed E-state index contributed by atoms with van der Waals surface area (Å²) in [7, 11) is 1.42. The van der Waals surface area contributed by atoms with Crippen LogP contribution < -0.4 is 10.9 Å². The minimum atomic E-state index is -1.94. The van der Waals surface area contributed by atoms with Gasteiger partial charge >= 0.3 is 5.97 Å². The van der Waals surface area contributed by atoms with Crippen LogP contribution in [0.1, 0.15) is 41.2 Å². The summed E-state index contributed by atoms with van der Waals surface area (Å²) < 4.78 is 26.0. The molecule has 2 aliphatic heterocycles. The van der Waals surface area contributed by atoms with Gasteiger partial charge in [-0.3, -0.25) is 9.59 Å². The molecule has 0 saturated carbocycles. The van der Waals surface area contributed by atoms with Crippen LogP contribution >= 0.6 is 0 Å². The molecule has 2 aromatic heterocycles. The summed E-state index contributed by atoms with van der Waals surface area (Å²) in [6, 6.07) is 4.60. The van der Waals surface area contributed by atoms with Crippen LogP contribution in [-0.2, 0) is 44.4 Å². The number of aromatic nitrogens is 2. The Morgan fingerprint density at radius 1 is 1.31 bits per heavy atom. The molecule has 0 spiro atoms. The summed E-state index contributed by atoms with van der Waals surface area (Å²) in [4.78, 5) is 42.6. The van der Waals surface area contributed by atoms with Gasteiger partial charge in [0.25, 0.3) is 5.56 Å². The number of halogens is 1. The van der Waals surface area contributed by atoms with Crippen molar-refractivity contribution in [2.75, 3.05) is 13.7 Å². The maximum Gasteiger partial charge on any atom is 0.343 e. The molecular weight excluding hydrogens is 457 g/mol. The highest BCUT2D eigenvalue weighted by atomic mass is 19.1. The number of aliphatic hydroxyl groups is 1. The van der Waals surface area contributed by atoms with E-state index in [4.69, 9.17) is 9.47 Å². The smallest absolute Gasteiger partial charge is 0.343 e. The molecule has 3 aromatic rings. The van der Waals surface area contributed by atoms with Crippen molar-refractivity contribution < 1.29 is 28.6 Å². The van der Waals surface area contributed by atoms with Crippen LogP contribution in [0.2, 0.25) is 0 Å². The Hall–Kier alpha value is -3.63. The molecule has 1 atom stereocenters. The van der Waals surface area contributed by atoms with E-state index in [2.05, 4.69) is 10.3 Å². The number of cyclic esters (lactones) is 1. The monoisotopic (exact) mass is 481 g/mol. The third-order valence-electron chi connectivity index (χ3n) is 6.82. The predicted molar refractivity (Wildman–Crippen MR) is 123 cm³/mol. The molecule has 0 bridgehead atoms. The van der Waals surface area contributed by atoms with Crippen molar-refractivity contribution in [2.45, 2.75) is 45.6 Å². The van der Waals surface area contributed by atoms with Crippen LogP contribution in [0.15, 0.2) is 23.0 Å². The number of nitrogens with zero attached hydrogens (tertiary/aromatic N) is 2. The molecule has 35 heavy (non-hydrogen) atoms. The number of esters is 1. The average Bonchev–Trinajstić information content (AvgIpc) is 3.19. The van der Waals surface area contributed by atoms with E-state index >= 15 is 0 Å². The number of aryl methyl sites for hydroxylation is 1. The number of benzene rings is 1. The van der Waals surface area contributed by atoms with E-state index in [-0.39, 0.29) is 49.8 Å². The number of rotatable bonds is 5. The number of hydrogen-bond acceptors (Lipinski definition) is 7. The van der Waals surface area contributed by atoms with Gasteiger partial charge in [-0.25, -0.2) is 14.2 Å². The fraction of sp³-hybridized carbons (Fsp3) is 0.360. The lowest BCUT2D eigenvalue weighted by Gasteiger charge is -2.31. The molecule has 0 aliphatic carbocycles. The zero-order valence-corrected chi connectivity index (χ0v) is 19.5. The zero-order chi connectivity index (χ0) is 25.1. The van der Waals surface area contributed by atoms with E-state index in [0.717, 1.165) is 0 Å². The maximum atomic E-state index is 14.5. The molecule has 182 valence electrons. The summed E-state index contributed by atoms with van der Waals surface area (Å²) in [5.74, 6) is -1.55. The maximum absolute atomic E-state index is 14.5. The lowest BCUT2D eigenvalue weighted by Crippen LogP contribution is -2.44. The number of nitrogens with one attached hydrogen (secondary N) is 1. The molecule has 2 aliphatic rings. The van der Waals surface area contributed by atoms with E-state index in [1.165, 1.54) is 17.7 Å². The zero-order valence-electron chi connectivity index (χ0n) is 19.5. The van der Waals surface area contributed by atoms with Gasteiger partial charge in [0.2, 0.25) is 5.91 Å². The van der Waals surface area contributed by atoms with Crippen molar-refractivity contribution >= 4 is 22.8 Å². The van der Waals surface area contributed by atoms with Gasteiger partial charge in [0, 0.05) is 36.2 Å². The van der Waals surface area contributed by atoms with Gasteiger partial charge in [-0.15, -0.1) is 0 Å². The molecule has 9 nitrogen and oxygen atoms in total. The Labute approximate surface area is 199 Å². The molecule has 2 N–H and O–H groups in total. The number of fused-ring (bicyclic) bond motifs is 5. The summed E-state index contributed by atoms with van der Waals surface area (Å²) in [6.45, 7) is 3.22. The van der Waals surface area contributed by atoms with E-state index < -0.39 is 22.9 Å². The molecular formula is C25H24FN3O6. The SMILES string of the molecule is CC[C@@]1(O)C(=O)OCc2c1cc1n(c2=O)Cc2c-1nc1cc(F)c(C)cc1c2CNC(=O)COC. The first-order chi connectivity index (χ1) is 16.7. The van der Waals surface area contributed by atoms with Crippen LogP contribution in [0.3, 0.4) is 0 Å². The Balaban J connectivity index is 1.75. The van der Waals surface area contributed by atoms with Crippen molar-refractivity contribution in [3.8, 4) is 11.4 Å². The summed E-state index contributed by atoms with van der Waals surface area (Å²) in [5.41, 5.74) is 1.13. The predicted octanol–water partition coefficient (Wildman–Crippen LogP) is 1.79. The molecule has 1 aromatic carbocycles. The Morgan fingerprint density at radius 2 is 2.09 bits per heavy atom. The summed E-state index contributed by atoms with van der Waals surface area (Å²) >= 11 is 0. The summed E-state index contributed by atoms with van der Waals surface area (Å²) in [6.07, 6.45) is 0.0288. The quantitative estimate of drug-likeness (QED) is 0.417. The minimum Gasteiger partial charge on any atom is -0.458 e. The fourth-order valence-electron chi connectivity index (χ4n) is 4.86. The topological polar surface area (TPSA) is 120 Å². The van der Waals surface area contributed by atoms with Crippen molar-refractivity contribution in [1.82, 2.24) is 14.9 Å². The van der Waals surface area contributed by atoms with Crippen molar-refractivity contribution in [1.29, 1.82) is 0 Å². The Morgan fingerprint density at radius 3 is 2.80 bits per heavy atom. The van der Waals surface area contributed by atoms with E-state index in [9.17, 15) is 23.9 Å².